The SMILES string of the molecule is CCCNC(Cc1ccc(Br)cc1F)CC(C)C. The summed E-state index contributed by atoms with van der Waals surface area (Å²) in [4.78, 5) is 0. The van der Waals surface area contributed by atoms with Crippen LogP contribution in [-0.2, 0) is 6.42 Å². The molecule has 1 aromatic carbocycles. The van der Waals surface area contributed by atoms with Crippen molar-refractivity contribution < 1.29 is 4.39 Å². The van der Waals surface area contributed by atoms with Gasteiger partial charge in [0, 0.05) is 10.5 Å². The van der Waals surface area contributed by atoms with E-state index in [1.54, 1.807) is 6.07 Å². The van der Waals surface area contributed by atoms with E-state index in [0.29, 0.717) is 12.0 Å². The van der Waals surface area contributed by atoms with E-state index in [1.807, 2.05) is 12.1 Å². The van der Waals surface area contributed by atoms with E-state index in [0.717, 1.165) is 35.8 Å². The van der Waals surface area contributed by atoms with Crippen molar-refractivity contribution in [1.82, 2.24) is 5.32 Å². The van der Waals surface area contributed by atoms with Gasteiger partial charge >= 0.3 is 0 Å². The molecule has 0 aliphatic rings. The zero-order chi connectivity index (χ0) is 13.5. The second-order valence-corrected chi connectivity index (χ2v) is 6.14. The fourth-order valence-electron chi connectivity index (χ4n) is 2.11. The summed E-state index contributed by atoms with van der Waals surface area (Å²) in [6.45, 7) is 7.56. The molecule has 0 amide bonds. The average molecular weight is 316 g/mol. The minimum absolute atomic E-state index is 0.114. The van der Waals surface area contributed by atoms with Gasteiger partial charge in [-0.25, -0.2) is 4.39 Å². The van der Waals surface area contributed by atoms with Crippen LogP contribution in [0.1, 0.15) is 39.2 Å². The maximum absolute atomic E-state index is 13.8. The Hall–Kier alpha value is -0.410. The molecular formula is C15H23BrFN. The predicted molar refractivity (Wildman–Crippen MR) is 79.3 cm³/mol. The molecule has 0 aliphatic heterocycles. The third-order valence-electron chi connectivity index (χ3n) is 2.92. The van der Waals surface area contributed by atoms with Gasteiger partial charge in [-0.2, -0.15) is 0 Å². The Balaban J connectivity index is 2.68. The number of hydrogen-bond donors (Lipinski definition) is 1. The minimum atomic E-state index is -0.114. The average Bonchev–Trinajstić information content (AvgIpc) is 2.29. The molecule has 3 heteroatoms. The van der Waals surface area contributed by atoms with Crippen LogP contribution in [0.2, 0.25) is 0 Å². The summed E-state index contributed by atoms with van der Waals surface area (Å²) in [6, 6.07) is 5.69. The fraction of sp³-hybridized carbons (Fsp3) is 0.600. The van der Waals surface area contributed by atoms with E-state index >= 15 is 0 Å². The molecule has 0 bridgehead atoms. The maximum Gasteiger partial charge on any atom is 0.127 e. The molecule has 102 valence electrons. The van der Waals surface area contributed by atoms with Gasteiger partial charge in [0.2, 0.25) is 0 Å². The van der Waals surface area contributed by atoms with Crippen LogP contribution in [0.15, 0.2) is 22.7 Å². The van der Waals surface area contributed by atoms with Crippen molar-refractivity contribution in [3.63, 3.8) is 0 Å². The second kappa shape index (κ2) is 7.90. The Kier molecular flexibility index (Phi) is 6.87. The topological polar surface area (TPSA) is 12.0 Å². The highest BCUT2D eigenvalue weighted by Crippen LogP contribution is 2.18. The largest absolute Gasteiger partial charge is 0.314 e. The van der Waals surface area contributed by atoms with Crippen molar-refractivity contribution >= 4 is 15.9 Å². The number of hydrogen-bond acceptors (Lipinski definition) is 1. The summed E-state index contributed by atoms with van der Waals surface area (Å²) in [5, 5.41) is 3.51. The Labute approximate surface area is 118 Å². The lowest BCUT2D eigenvalue weighted by atomic mass is 9.97. The molecule has 0 spiro atoms. The molecule has 18 heavy (non-hydrogen) atoms. The summed E-state index contributed by atoms with van der Waals surface area (Å²) in [5.74, 6) is 0.509. The molecule has 0 fully saturated rings. The quantitative estimate of drug-likeness (QED) is 0.778. The lowest BCUT2D eigenvalue weighted by molar-refractivity contribution is 0.411. The highest BCUT2D eigenvalue weighted by molar-refractivity contribution is 9.10. The van der Waals surface area contributed by atoms with Gasteiger partial charge in [-0.1, -0.05) is 42.8 Å². The van der Waals surface area contributed by atoms with Gasteiger partial charge in [0.15, 0.2) is 0 Å². The highest BCUT2D eigenvalue weighted by Gasteiger charge is 2.13. The first-order valence-corrected chi connectivity index (χ1v) is 7.49. The van der Waals surface area contributed by atoms with Crippen LogP contribution >= 0.6 is 15.9 Å². The standard InChI is InChI=1S/C15H23BrFN/c1-4-7-18-14(8-11(2)3)9-12-5-6-13(16)10-15(12)17/h5-6,10-11,14,18H,4,7-9H2,1-3H3. The Bertz CT molecular complexity index is 366. The Morgan fingerprint density at radius 2 is 2.06 bits per heavy atom. The molecule has 0 radical (unpaired) electrons. The summed E-state index contributed by atoms with van der Waals surface area (Å²) >= 11 is 3.29. The summed E-state index contributed by atoms with van der Waals surface area (Å²) in [7, 11) is 0. The molecule has 1 aromatic rings. The van der Waals surface area contributed by atoms with Gasteiger partial charge in [0.25, 0.3) is 0 Å². The van der Waals surface area contributed by atoms with Crippen molar-refractivity contribution in [1.29, 1.82) is 0 Å². The molecule has 1 N–H and O–H groups in total. The van der Waals surface area contributed by atoms with Crippen LogP contribution in [0.5, 0.6) is 0 Å². The number of halogens is 2. The van der Waals surface area contributed by atoms with Gasteiger partial charge in [-0.3, -0.25) is 0 Å². The third kappa shape index (κ3) is 5.49. The lowest BCUT2D eigenvalue weighted by Gasteiger charge is -2.21. The van der Waals surface area contributed by atoms with Gasteiger partial charge in [0.05, 0.1) is 0 Å². The van der Waals surface area contributed by atoms with E-state index < -0.39 is 0 Å². The van der Waals surface area contributed by atoms with E-state index in [9.17, 15) is 4.39 Å². The fourth-order valence-corrected chi connectivity index (χ4v) is 2.44. The molecule has 1 unspecified atom stereocenters. The maximum atomic E-state index is 13.8. The molecule has 1 nitrogen and oxygen atoms in total. The third-order valence-corrected chi connectivity index (χ3v) is 3.41. The summed E-state index contributed by atoms with van der Waals surface area (Å²) < 4.78 is 14.6. The number of rotatable bonds is 7. The summed E-state index contributed by atoms with van der Waals surface area (Å²) in [6.07, 6.45) is 2.95. The molecule has 1 rings (SSSR count). The van der Waals surface area contributed by atoms with Gasteiger partial charge < -0.3 is 5.32 Å². The lowest BCUT2D eigenvalue weighted by Crippen LogP contribution is -2.33. The minimum Gasteiger partial charge on any atom is -0.314 e. The molecule has 0 saturated carbocycles. The predicted octanol–water partition coefficient (Wildman–Crippen LogP) is 4.55. The molecule has 0 aliphatic carbocycles. The van der Waals surface area contributed by atoms with Crippen LogP contribution in [0.25, 0.3) is 0 Å². The molecule has 0 heterocycles. The smallest absolute Gasteiger partial charge is 0.127 e. The molecule has 0 saturated heterocycles. The van der Waals surface area contributed by atoms with Crippen molar-refractivity contribution in [3.05, 3.63) is 34.1 Å². The van der Waals surface area contributed by atoms with Crippen molar-refractivity contribution in [2.75, 3.05) is 6.54 Å². The first-order chi connectivity index (χ1) is 8.52. The molecule has 0 aromatic heterocycles. The number of nitrogens with one attached hydrogen (secondary N) is 1. The highest BCUT2D eigenvalue weighted by atomic mass is 79.9. The van der Waals surface area contributed by atoms with Crippen LogP contribution in [0.3, 0.4) is 0 Å². The van der Waals surface area contributed by atoms with Crippen LogP contribution in [0, 0.1) is 11.7 Å². The number of benzene rings is 1. The first kappa shape index (κ1) is 15.6. The van der Waals surface area contributed by atoms with E-state index in [-0.39, 0.29) is 5.82 Å². The monoisotopic (exact) mass is 315 g/mol. The Morgan fingerprint density at radius 1 is 1.33 bits per heavy atom. The normalized spacial score (nSPS) is 13.0. The summed E-state index contributed by atoms with van der Waals surface area (Å²) in [5.41, 5.74) is 0.799. The van der Waals surface area contributed by atoms with Gasteiger partial charge in [-0.15, -0.1) is 0 Å². The van der Waals surface area contributed by atoms with E-state index in [4.69, 9.17) is 0 Å². The van der Waals surface area contributed by atoms with Crippen molar-refractivity contribution in [2.24, 2.45) is 5.92 Å². The van der Waals surface area contributed by atoms with Gasteiger partial charge in [0.1, 0.15) is 5.82 Å². The van der Waals surface area contributed by atoms with Gasteiger partial charge in [-0.05, 0) is 49.4 Å². The van der Waals surface area contributed by atoms with Crippen LogP contribution < -0.4 is 5.32 Å². The molecular weight excluding hydrogens is 293 g/mol. The zero-order valence-corrected chi connectivity index (χ0v) is 13.1. The van der Waals surface area contributed by atoms with Crippen LogP contribution in [0.4, 0.5) is 4.39 Å². The van der Waals surface area contributed by atoms with Crippen molar-refractivity contribution in [3.8, 4) is 0 Å². The first-order valence-electron chi connectivity index (χ1n) is 6.70. The molecule has 1 atom stereocenters. The zero-order valence-electron chi connectivity index (χ0n) is 11.5. The van der Waals surface area contributed by atoms with Crippen molar-refractivity contribution in [2.45, 2.75) is 46.1 Å². The second-order valence-electron chi connectivity index (χ2n) is 5.22. The van der Waals surface area contributed by atoms with E-state index in [1.165, 1.54) is 0 Å². The van der Waals surface area contributed by atoms with Crippen LogP contribution in [-0.4, -0.2) is 12.6 Å². The van der Waals surface area contributed by atoms with E-state index in [2.05, 4.69) is 42.0 Å². The Morgan fingerprint density at radius 3 is 2.61 bits per heavy atom.